The summed E-state index contributed by atoms with van der Waals surface area (Å²) in [5.41, 5.74) is 5.93. The number of hydrogen-bond acceptors (Lipinski definition) is 14. The topological polar surface area (TPSA) is 263 Å². The molecule has 0 radical (unpaired) electrons. The number of nitrogens with two attached hydrogens (primary N) is 1. The van der Waals surface area contributed by atoms with Crippen LogP contribution in [0, 0.1) is 5.92 Å². The average molecular weight is 712 g/mol. The molecule has 11 N–H and O–H groups in total. The lowest BCUT2D eigenvalue weighted by atomic mass is 9.87. The highest BCUT2D eigenvalue weighted by atomic mass is 16.7. The van der Waals surface area contributed by atoms with E-state index in [1.807, 2.05) is 13.0 Å². The number of esters is 1. The van der Waals surface area contributed by atoms with Gasteiger partial charge in [-0.25, -0.2) is 9.59 Å². The highest BCUT2D eigenvalue weighted by molar-refractivity contribution is 5.82. The summed E-state index contributed by atoms with van der Waals surface area (Å²) in [7, 11) is 1.38. The molecule has 2 amide bonds. The van der Waals surface area contributed by atoms with Gasteiger partial charge in [0.2, 0.25) is 0 Å². The normalized spacial score (nSPS) is 44.4. The van der Waals surface area contributed by atoms with Gasteiger partial charge in [-0.15, -0.1) is 0 Å². The fourth-order valence-electron chi connectivity index (χ4n) is 5.70. The molecule has 2 bridgehead atoms. The predicted molar refractivity (Wildman–Crippen MR) is 179 cm³/mol. The number of rotatable bonds is 3. The first-order valence-electron chi connectivity index (χ1n) is 16.7. The predicted octanol–water partition coefficient (Wildman–Crippen LogP) is -1.47. The molecule has 3 heterocycles. The molecule has 3 aliphatic heterocycles. The molecule has 2 fully saturated rings. The third-order valence-corrected chi connectivity index (χ3v) is 8.79. The van der Waals surface area contributed by atoms with Gasteiger partial charge < -0.3 is 71.1 Å². The number of nitrogens with one attached hydrogen (secondary N) is 2. The molecule has 16 heteroatoms. The van der Waals surface area contributed by atoms with Crippen LogP contribution in [0.25, 0.3) is 0 Å². The second-order valence-electron chi connectivity index (χ2n) is 12.9. The number of hydrogen-bond donors (Lipinski definition) is 10. The number of aliphatic hydroxyl groups is 7. The maximum atomic E-state index is 12.3. The molecule has 3 rings (SSSR count). The first-order valence-corrected chi connectivity index (χ1v) is 16.7. The molecular weight excluding hydrogens is 658 g/mol. The number of urea groups is 1. The molecule has 3 aliphatic rings. The first kappa shape index (κ1) is 41.4. The molecule has 0 aromatic carbocycles. The van der Waals surface area contributed by atoms with Crippen molar-refractivity contribution in [3.8, 4) is 0 Å². The second-order valence-corrected chi connectivity index (χ2v) is 12.9. The molecular formula is C34H53N3O13. The Labute approximate surface area is 291 Å². The van der Waals surface area contributed by atoms with Gasteiger partial charge in [0, 0.05) is 44.7 Å². The van der Waals surface area contributed by atoms with E-state index in [0.29, 0.717) is 0 Å². The third-order valence-electron chi connectivity index (χ3n) is 8.79. The highest BCUT2D eigenvalue weighted by Gasteiger charge is 2.48. The molecule has 282 valence electrons. The minimum absolute atomic E-state index is 0.129. The fraction of sp³-hybridized carbons (Fsp3) is 0.647. The van der Waals surface area contributed by atoms with Crippen LogP contribution in [0.3, 0.4) is 0 Å². The van der Waals surface area contributed by atoms with E-state index in [0.717, 1.165) is 12.2 Å². The Bertz CT molecular complexity index is 1240. The highest BCUT2D eigenvalue weighted by Crippen LogP contribution is 2.35. The lowest BCUT2D eigenvalue weighted by Gasteiger charge is -2.46. The Kier molecular flexibility index (Phi) is 16.2. The van der Waals surface area contributed by atoms with Crippen LogP contribution < -0.4 is 16.4 Å². The minimum Gasteiger partial charge on any atom is -0.459 e. The summed E-state index contributed by atoms with van der Waals surface area (Å²) in [5, 5.41) is 80.1. The van der Waals surface area contributed by atoms with Gasteiger partial charge in [0.1, 0.15) is 12.2 Å². The van der Waals surface area contributed by atoms with Gasteiger partial charge in [0.25, 0.3) is 0 Å². The van der Waals surface area contributed by atoms with Crippen molar-refractivity contribution in [2.45, 2.75) is 119 Å². The standard InChI is InChI=1S/C34H53N3O13/c1-19-10-8-6-4-5-7-9-11-22(49-32-31(44)29(35)26(42)18-47-32)15-27-30(37-33(45)36-3)25(41)17-34(46,50-27)16-21(38)14-24(40)23(39)12-13-28(43)48-20(19)2/h4-13,19-27,29-32,38-42,44,46H,14-18,35H2,1-3H3,(H2,36,37,45)/b6-4+,7-5+,10-8+,11-9+,13-12+/t19-,20+,21?,22?,23?,24?,25-,26+,27-,29-,30+,31-,32?,34?/m0/s1. The zero-order valence-electron chi connectivity index (χ0n) is 28.5. The zero-order chi connectivity index (χ0) is 37.0. The van der Waals surface area contributed by atoms with Crippen LogP contribution in [0.2, 0.25) is 0 Å². The molecule has 0 aromatic rings. The summed E-state index contributed by atoms with van der Waals surface area (Å²) in [6.45, 7) is 3.36. The van der Waals surface area contributed by atoms with Crippen LogP contribution in [-0.2, 0) is 23.7 Å². The van der Waals surface area contributed by atoms with Gasteiger partial charge in [0.05, 0.1) is 61.4 Å². The van der Waals surface area contributed by atoms with Crippen molar-refractivity contribution in [2.24, 2.45) is 11.7 Å². The van der Waals surface area contributed by atoms with E-state index >= 15 is 0 Å². The summed E-state index contributed by atoms with van der Waals surface area (Å²) in [4.78, 5) is 24.6. The number of carbonyl (C=O) groups is 2. The molecule has 0 aliphatic carbocycles. The Hall–Kier alpha value is -3.00. The number of fused-ring (bicyclic) bond motifs is 2. The summed E-state index contributed by atoms with van der Waals surface area (Å²) >= 11 is 0. The van der Waals surface area contributed by atoms with E-state index in [9.17, 15) is 45.3 Å². The third kappa shape index (κ3) is 12.6. The van der Waals surface area contributed by atoms with E-state index in [1.165, 1.54) is 7.05 Å². The lowest BCUT2D eigenvalue weighted by Crippen LogP contribution is -2.63. The van der Waals surface area contributed by atoms with E-state index in [4.69, 9.17) is 24.7 Å². The molecule has 2 saturated heterocycles. The fourth-order valence-corrected chi connectivity index (χ4v) is 5.70. The Morgan fingerprint density at radius 3 is 2.26 bits per heavy atom. The van der Waals surface area contributed by atoms with Crippen molar-refractivity contribution < 1.29 is 64.3 Å². The summed E-state index contributed by atoms with van der Waals surface area (Å²) in [6.07, 6.45) is 1.91. The molecule has 50 heavy (non-hydrogen) atoms. The Morgan fingerprint density at radius 1 is 0.920 bits per heavy atom. The van der Waals surface area contributed by atoms with Crippen molar-refractivity contribution in [1.82, 2.24) is 10.6 Å². The van der Waals surface area contributed by atoms with Crippen LogP contribution >= 0.6 is 0 Å². The van der Waals surface area contributed by atoms with Gasteiger partial charge in [-0.1, -0.05) is 55.5 Å². The number of ether oxygens (including phenoxy) is 4. The quantitative estimate of drug-likeness (QED) is 0.150. The molecule has 0 spiro atoms. The van der Waals surface area contributed by atoms with E-state index in [2.05, 4.69) is 10.6 Å². The second kappa shape index (κ2) is 19.6. The van der Waals surface area contributed by atoms with Gasteiger partial charge >= 0.3 is 12.0 Å². The van der Waals surface area contributed by atoms with Crippen LogP contribution in [0.4, 0.5) is 4.79 Å². The average Bonchev–Trinajstić information content (AvgIpc) is 3.05. The molecule has 6 unspecified atom stereocenters. The Balaban J connectivity index is 1.95. The monoisotopic (exact) mass is 711 g/mol. The van der Waals surface area contributed by atoms with Crippen LogP contribution in [-0.4, -0.2) is 140 Å². The van der Waals surface area contributed by atoms with Crippen molar-refractivity contribution in [2.75, 3.05) is 13.7 Å². The smallest absolute Gasteiger partial charge is 0.330 e. The number of amides is 2. The lowest BCUT2D eigenvalue weighted by molar-refractivity contribution is -0.299. The number of carbonyl (C=O) groups excluding carboxylic acids is 2. The number of aliphatic hydroxyl groups excluding tert-OH is 6. The summed E-state index contributed by atoms with van der Waals surface area (Å²) in [6, 6.07) is -2.79. The van der Waals surface area contributed by atoms with Crippen LogP contribution in [0.15, 0.2) is 60.8 Å². The Morgan fingerprint density at radius 2 is 1.58 bits per heavy atom. The summed E-state index contributed by atoms with van der Waals surface area (Å²) < 4.78 is 23.0. The van der Waals surface area contributed by atoms with Crippen molar-refractivity contribution in [1.29, 1.82) is 0 Å². The van der Waals surface area contributed by atoms with E-state index < -0.39 is 110 Å². The van der Waals surface area contributed by atoms with E-state index in [1.54, 1.807) is 49.5 Å². The zero-order valence-corrected chi connectivity index (χ0v) is 28.5. The maximum Gasteiger partial charge on any atom is 0.330 e. The van der Waals surface area contributed by atoms with Gasteiger partial charge in [-0.2, -0.15) is 0 Å². The molecule has 14 atom stereocenters. The SMILES string of the molecule is CNC(=O)N[C@H]1[C@@H]2CC(OC3OC[C@@H](O)[C@H](N)[C@@H]3O)/C=C/C=C/C=C/C=C/[C@H](C)[C@@H](C)OC(=O)/C=C/C(O)C(O)CC(O)CC(O)(C[C@@H]1O)O2. The van der Waals surface area contributed by atoms with Gasteiger partial charge in [0.15, 0.2) is 12.1 Å². The van der Waals surface area contributed by atoms with Crippen molar-refractivity contribution in [3.05, 3.63) is 60.8 Å². The van der Waals surface area contributed by atoms with E-state index in [-0.39, 0.29) is 18.9 Å². The van der Waals surface area contributed by atoms with Gasteiger partial charge in [-0.05, 0) is 13.0 Å². The maximum absolute atomic E-state index is 12.3. The molecule has 16 nitrogen and oxygen atoms in total. The van der Waals surface area contributed by atoms with Crippen LogP contribution in [0.5, 0.6) is 0 Å². The first-order chi connectivity index (χ1) is 23.6. The minimum atomic E-state index is -2.17. The van der Waals surface area contributed by atoms with Crippen LogP contribution in [0.1, 0.15) is 39.5 Å². The number of cyclic esters (lactones) is 1. The molecule has 0 aromatic heterocycles. The summed E-state index contributed by atoms with van der Waals surface area (Å²) in [5.74, 6) is -3.06. The van der Waals surface area contributed by atoms with Gasteiger partial charge in [-0.3, -0.25) is 0 Å². The van der Waals surface area contributed by atoms with Crippen molar-refractivity contribution >= 4 is 12.0 Å². The largest absolute Gasteiger partial charge is 0.459 e. The van der Waals surface area contributed by atoms with Crippen molar-refractivity contribution in [3.63, 3.8) is 0 Å². The molecule has 0 saturated carbocycles. The number of allylic oxidation sites excluding steroid dienone is 6.